The Balaban J connectivity index is 1.81. The van der Waals surface area contributed by atoms with Crippen molar-refractivity contribution < 1.29 is 4.79 Å². The van der Waals surface area contributed by atoms with E-state index in [1.54, 1.807) is 11.3 Å². The highest BCUT2D eigenvalue weighted by atomic mass is 32.1. The molecule has 2 aromatic rings. The molecular weight excluding hydrogens is 272 g/mol. The quantitative estimate of drug-likeness (QED) is 0.853. The van der Waals surface area contributed by atoms with Crippen molar-refractivity contribution in [2.45, 2.75) is 39.8 Å². The number of aryl methyl sites for hydroxylation is 1. The summed E-state index contributed by atoms with van der Waals surface area (Å²) in [5, 5.41) is 8.48. The van der Waals surface area contributed by atoms with Gasteiger partial charge in [-0.3, -0.25) is 4.79 Å². The first-order valence-electron chi connectivity index (χ1n) is 6.84. The van der Waals surface area contributed by atoms with Crippen molar-refractivity contribution in [2.75, 3.05) is 6.54 Å². The predicted molar refractivity (Wildman–Crippen MR) is 77.9 cm³/mol. The minimum absolute atomic E-state index is 0.100. The highest BCUT2D eigenvalue weighted by Crippen LogP contribution is 2.22. The molecule has 0 saturated carbocycles. The molecule has 0 saturated heterocycles. The summed E-state index contributed by atoms with van der Waals surface area (Å²) in [4.78, 5) is 16.3. The molecule has 2 aromatic heterocycles. The predicted octanol–water partition coefficient (Wildman–Crippen LogP) is 2.43. The number of fused-ring (bicyclic) bond motifs is 1. The molecule has 5 nitrogen and oxygen atoms in total. The Labute approximate surface area is 122 Å². The van der Waals surface area contributed by atoms with Crippen molar-refractivity contribution >= 4 is 17.2 Å². The lowest BCUT2D eigenvalue weighted by atomic mass is 10.2. The van der Waals surface area contributed by atoms with Crippen LogP contribution >= 0.6 is 11.3 Å². The van der Waals surface area contributed by atoms with Crippen molar-refractivity contribution in [3.05, 3.63) is 33.5 Å². The lowest BCUT2D eigenvalue weighted by Gasteiger charge is -2.27. The maximum atomic E-state index is 12.4. The topological polar surface area (TPSA) is 51.0 Å². The van der Waals surface area contributed by atoms with Crippen molar-refractivity contribution in [3.63, 3.8) is 0 Å². The molecular formula is C14H18N4OS. The molecule has 0 atom stereocenters. The van der Waals surface area contributed by atoms with Crippen molar-refractivity contribution in [1.29, 1.82) is 0 Å². The number of carbonyl (C=O) groups excluding carboxylic acids is 1. The first kappa shape index (κ1) is 13.3. The monoisotopic (exact) mass is 290 g/mol. The van der Waals surface area contributed by atoms with Gasteiger partial charge in [0.2, 0.25) is 0 Å². The number of aromatic nitrogens is 3. The second-order valence-corrected chi connectivity index (χ2v) is 6.71. The second-order valence-electron chi connectivity index (χ2n) is 5.42. The van der Waals surface area contributed by atoms with Crippen LogP contribution in [-0.2, 0) is 13.1 Å². The van der Waals surface area contributed by atoms with Crippen LogP contribution in [0.3, 0.4) is 0 Å². The molecule has 0 unspecified atom stereocenters. The summed E-state index contributed by atoms with van der Waals surface area (Å²) in [6, 6.07) is 3.89. The number of carbonyl (C=O) groups is 1. The average Bonchev–Trinajstić information content (AvgIpc) is 3.03. The fraction of sp³-hybridized carbons (Fsp3) is 0.500. The van der Waals surface area contributed by atoms with Gasteiger partial charge >= 0.3 is 0 Å². The first-order chi connectivity index (χ1) is 9.56. The van der Waals surface area contributed by atoms with Crippen LogP contribution in [-0.4, -0.2) is 32.1 Å². The van der Waals surface area contributed by atoms with E-state index in [1.807, 2.05) is 24.0 Å². The summed E-state index contributed by atoms with van der Waals surface area (Å²) in [6.45, 7) is 8.30. The lowest BCUT2D eigenvalue weighted by Crippen LogP contribution is -2.38. The minimum Gasteiger partial charge on any atom is -0.329 e. The molecule has 0 radical (unpaired) electrons. The minimum atomic E-state index is 0.100. The number of amides is 1. The van der Waals surface area contributed by atoms with Crippen molar-refractivity contribution in [1.82, 2.24) is 19.7 Å². The Morgan fingerprint density at radius 3 is 2.75 bits per heavy atom. The molecule has 3 heterocycles. The van der Waals surface area contributed by atoms with Crippen LogP contribution in [0.2, 0.25) is 0 Å². The molecule has 1 aliphatic heterocycles. The van der Waals surface area contributed by atoms with Crippen molar-refractivity contribution in [3.8, 4) is 0 Å². The number of hydrogen-bond donors (Lipinski definition) is 0. The Morgan fingerprint density at radius 1 is 1.30 bits per heavy atom. The SMILES string of the molecule is Cc1ccc(C(=O)N2CCn3c(nnc3C(C)C)C2)s1. The van der Waals surface area contributed by atoms with Gasteiger partial charge in [0.25, 0.3) is 5.91 Å². The number of hydrogen-bond acceptors (Lipinski definition) is 4. The smallest absolute Gasteiger partial charge is 0.264 e. The molecule has 0 aromatic carbocycles. The molecule has 1 amide bonds. The molecule has 20 heavy (non-hydrogen) atoms. The summed E-state index contributed by atoms with van der Waals surface area (Å²) in [5.74, 6) is 2.36. The summed E-state index contributed by atoms with van der Waals surface area (Å²) in [5.41, 5.74) is 0. The summed E-state index contributed by atoms with van der Waals surface area (Å²) in [7, 11) is 0. The lowest BCUT2D eigenvalue weighted by molar-refractivity contribution is 0.0711. The van der Waals surface area contributed by atoms with E-state index in [9.17, 15) is 4.79 Å². The molecule has 6 heteroatoms. The van der Waals surface area contributed by atoms with Crippen LogP contribution in [0, 0.1) is 6.92 Å². The van der Waals surface area contributed by atoms with Gasteiger partial charge in [0.05, 0.1) is 11.4 Å². The third kappa shape index (κ3) is 2.24. The van der Waals surface area contributed by atoms with Gasteiger partial charge in [-0.2, -0.15) is 0 Å². The van der Waals surface area contributed by atoms with E-state index in [-0.39, 0.29) is 5.91 Å². The largest absolute Gasteiger partial charge is 0.329 e. The summed E-state index contributed by atoms with van der Waals surface area (Å²) in [6.07, 6.45) is 0. The van der Waals surface area contributed by atoms with E-state index < -0.39 is 0 Å². The zero-order chi connectivity index (χ0) is 14.3. The van der Waals surface area contributed by atoms with Gasteiger partial charge in [-0.1, -0.05) is 13.8 Å². The number of rotatable bonds is 2. The molecule has 106 valence electrons. The molecule has 1 aliphatic rings. The molecule has 3 rings (SSSR count). The van der Waals surface area contributed by atoms with Gasteiger partial charge in [0.15, 0.2) is 5.82 Å². The number of nitrogens with zero attached hydrogens (tertiary/aromatic N) is 4. The summed E-state index contributed by atoms with van der Waals surface area (Å²) >= 11 is 1.55. The van der Waals surface area contributed by atoms with E-state index in [1.165, 1.54) is 0 Å². The van der Waals surface area contributed by atoms with Gasteiger partial charge in [-0.05, 0) is 19.1 Å². The molecule has 0 fully saturated rings. The van der Waals surface area contributed by atoms with Crippen molar-refractivity contribution in [2.24, 2.45) is 0 Å². The van der Waals surface area contributed by atoms with E-state index in [0.29, 0.717) is 12.5 Å². The Bertz CT molecular complexity index is 643. The van der Waals surface area contributed by atoms with Crippen LogP contribution in [0.5, 0.6) is 0 Å². The molecule has 0 spiro atoms. The van der Waals surface area contributed by atoms with Gasteiger partial charge in [0, 0.05) is 23.9 Å². The zero-order valence-electron chi connectivity index (χ0n) is 12.0. The van der Waals surface area contributed by atoms with Gasteiger partial charge < -0.3 is 9.47 Å². The molecule has 0 N–H and O–H groups in total. The summed E-state index contributed by atoms with van der Waals surface area (Å²) < 4.78 is 2.15. The standard InChI is InChI=1S/C14H18N4OS/c1-9(2)13-16-15-12-8-17(6-7-18(12)13)14(19)11-5-4-10(3)20-11/h4-5,9H,6-8H2,1-3H3. The number of thiophene rings is 1. The first-order valence-corrected chi connectivity index (χ1v) is 7.65. The third-order valence-corrected chi connectivity index (χ3v) is 4.53. The fourth-order valence-electron chi connectivity index (χ4n) is 2.49. The average molecular weight is 290 g/mol. The zero-order valence-corrected chi connectivity index (χ0v) is 12.8. The van der Waals surface area contributed by atoms with Crippen LogP contribution in [0.25, 0.3) is 0 Å². The van der Waals surface area contributed by atoms with E-state index in [0.717, 1.165) is 34.5 Å². The normalized spacial score (nSPS) is 14.7. The van der Waals surface area contributed by atoms with E-state index in [2.05, 4.69) is 28.6 Å². The maximum Gasteiger partial charge on any atom is 0.264 e. The van der Waals surface area contributed by atoms with Gasteiger partial charge in [-0.15, -0.1) is 21.5 Å². The van der Waals surface area contributed by atoms with E-state index in [4.69, 9.17) is 0 Å². The van der Waals surface area contributed by atoms with Crippen LogP contribution in [0.15, 0.2) is 12.1 Å². The molecule has 0 aliphatic carbocycles. The van der Waals surface area contributed by atoms with Crippen LogP contribution in [0.1, 0.15) is 46.0 Å². The van der Waals surface area contributed by atoms with Crippen LogP contribution in [0.4, 0.5) is 0 Å². The van der Waals surface area contributed by atoms with Gasteiger partial charge in [-0.25, -0.2) is 0 Å². The maximum absolute atomic E-state index is 12.4. The Hall–Kier alpha value is -1.69. The fourth-order valence-corrected chi connectivity index (χ4v) is 3.32. The highest BCUT2D eigenvalue weighted by molar-refractivity contribution is 7.13. The Morgan fingerprint density at radius 2 is 2.10 bits per heavy atom. The van der Waals surface area contributed by atoms with Gasteiger partial charge in [0.1, 0.15) is 5.82 Å². The van der Waals surface area contributed by atoms with E-state index >= 15 is 0 Å². The highest BCUT2D eigenvalue weighted by Gasteiger charge is 2.26. The van der Waals surface area contributed by atoms with Crippen LogP contribution < -0.4 is 0 Å². The third-order valence-electron chi connectivity index (χ3n) is 3.54. The second kappa shape index (κ2) is 5.01. The molecule has 0 bridgehead atoms. The Kier molecular flexibility index (Phi) is 3.33.